The van der Waals surface area contributed by atoms with E-state index in [0.717, 1.165) is 9.13 Å². The number of hydrogen-bond donors (Lipinski definition) is 1. The van der Waals surface area contributed by atoms with Crippen molar-refractivity contribution >= 4 is 54.2 Å². The Morgan fingerprint density at radius 1 is 1.42 bits per heavy atom. The van der Waals surface area contributed by atoms with Crippen LogP contribution in [0.25, 0.3) is 0 Å². The second-order valence-corrected chi connectivity index (χ2v) is 7.47. The molecule has 0 saturated heterocycles. The average Bonchev–Trinajstić information content (AvgIpc) is 2.63. The summed E-state index contributed by atoms with van der Waals surface area (Å²) in [5.74, 6) is 0. The molecule has 19 heavy (non-hydrogen) atoms. The van der Waals surface area contributed by atoms with E-state index in [0.29, 0.717) is 5.69 Å². The highest BCUT2D eigenvalue weighted by Gasteiger charge is 2.24. The molecule has 1 aromatic carbocycles. The van der Waals surface area contributed by atoms with Gasteiger partial charge in [0.15, 0.2) is 4.60 Å². The Morgan fingerprint density at radius 3 is 2.63 bits per heavy atom. The molecule has 0 aliphatic rings. The number of benzene rings is 1. The van der Waals surface area contributed by atoms with Crippen LogP contribution >= 0.6 is 38.5 Å². The third-order valence-corrected chi connectivity index (χ3v) is 5.35. The fourth-order valence-corrected chi connectivity index (χ4v) is 4.42. The van der Waals surface area contributed by atoms with Gasteiger partial charge in [-0.3, -0.25) is 4.72 Å². The van der Waals surface area contributed by atoms with Crippen LogP contribution in [0.2, 0.25) is 0 Å². The van der Waals surface area contributed by atoms with Crippen molar-refractivity contribution in [2.45, 2.75) is 11.9 Å². The van der Waals surface area contributed by atoms with E-state index in [-0.39, 0.29) is 9.63 Å². The first kappa shape index (κ1) is 14.7. The van der Waals surface area contributed by atoms with E-state index in [2.05, 4.69) is 53.6 Å². The predicted octanol–water partition coefficient (Wildman–Crippen LogP) is 2.29. The Hall–Kier alpha value is -0.680. The van der Waals surface area contributed by atoms with E-state index in [1.54, 1.807) is 6.07 Å². The summed E-state index contributed by atoms with van der Waals surface area (Å²) >= 11 is 5.25. The zero-order valence-electron chi connectivity index (χ0n) is 10.1. The van der Waals surface area contributed by atoms with Crippen molar-refractivity contribution in [1.82, 2.24) is 15.0 Å². The van der Waals surface area contributed by atoms with Gasteiger partial charge in [0.25, 0.3) is 10.0 Å². The van der Waals surface area contributed by atoms with Gasteiger partial charge in [-0.1, -0.05) is 5.21 Å². The Bertz CT molecular complexity index is 710. The van der Waals surface area contributed by atoms with Gasteiger partial charge in [0.2, 0.25) is 5.03 Å². The third-order valence-electron chi connectivity index (χ3n) is 2.42. The number of nitrogens with one attached hydrogen (secondary N) is 1. The summed E-state index contributed by atoms with van der Waals surface area (Å²) in [5.41, 5.74) is 1.38. The number of aryl methyl sites for hydroxylation is 2. The number of rotatable bonds is 3. The summed E-state index contributed by atoms with van der Waals surface area (Å²) < 4.78 is 29.6. The molecule has 0 fully saturated rings. The van der Waals surface area contributed by atoms with Crippen molar-refractivity contribution in [3.05, 3.63) is 31.9 Å². The molecule has 1 aromatic heterocycles. The number of aromatic nitrogens is 3. The van der Waals surface area contributed by atoms with Gasteiger partial charge in [0, 0.05) is 10.6 Å². The molecule has 1 N–H and O–H groups in total. The third kappa shape index (κ3) is 3.08. The normalized spacial score (nSPS) is 11.6. The maximum Gasteiger partial charge on any atom is 0.281 e. The molecule has 9 heteroatoms. The standard InChI is InChI=1S/C10H10BrIN4O2S/c1-6-5-7(12)3-4-8(6)14-19(17,18)10-9(11)13-15-16(10)2/h3-5,14H,1-2H3. The summed E-state index contributed by atoms with van der Waals surface area (Å²) in [6.45, 7) is 1.84. The lowest BCUT2D eigenvalue weighted by Crippen LogP contribution is -2.17. The van der Waals surface area contributed by atoms with Crippen molar-refractivity contribution in [1.29, 1.82) is 0 Å². The molecule has 0 radical (unpaired) electrons. The van der Waals surface area contributed by atoms with E-state index < -0.39 is 10.0 Å². The van der Waals surface area contributed by atoms with Crippen LogP contribution in [0.5, 0.6) is 0 Å². The molecule has 2 aromatic rings. The fraction of sp³-hybridized carbons (Fsp3) is 0.200. The summed E-state index contributed by atoms with van der Waals surface area (Å²) in [4.78, 5) is 0. The first-order valence-corrected chi connectivity index (χ1v) is 8.51. The zero-order chi connectivity index (χ0) is 14.2. The largest absolute Gasteiger partial charge is 0.281 e. The maximum absolute atomic E-state index is 12.3. The second kappa shape index (κ2) is 5.37. The Labute approximate surface area is 132 Å². The van der Waals surface area contributed by atoms with Crippen LogP contribution in [0.1, 0.15) is 5.56 Å². The molecule has 0 amide bonds. The van der Waals surface area contributed by atoms with E-state index in [1.807, 2.05) is 19.1 Å². The van der Waals surface area contributed by atoms with Crippen molar-refractivity contribution in [2.24, 2.45) is 7.05 Å². The van der Waals surface area contributed by atoms with Crippen molar-refractivity contribution in [3.8, 4) is 0 Å². The van der Waals surface area contributed by atoms with Gasteiger partial charge in [-0.05, 0) is 69.2 Å². The molecule has 0 spiro atoms. The number of halogens is 2. The smallest absolute Gasteiger partial charge is 0.278 e. The minimum absolute atomic E-state index is 0.00884. The van der Waals surface area contributed by atoms with E-state index in [1.165, 1.54) is 11.7 Å². The first-order chi connectivity index (χ1) is 8.81. The number of nitrogens with zero attached hydrogens (tertiary/aromatic N) is 3. The lowest BCUT2D eigenvalue weighted by Gasteiger charge is -2.10. The first-order valence-electron chi connectivity index (χ1n) is 5.15. The Kier molecular flexibility index (Phi) is 4.16. The van der Waals surface area contributed by atoms with Gasteiger partial charge in [-0.2, -0.15) is 8.42 Å². The van der Waals surface area contributed by atoms with Gasteiger partial charge < -0.3 is 0 Å². The lowest BCUT2D eigenvalue weighted by molar-refractivity contribution is 0.578. The van der Waals surface area contributed by atoms with Gasteiger partial charge in [0.05, 0.1) is 5.69 Å². The highest BCUT2D eigenvalue weighted by Crippen LogP contribution is 2.24. The van der Waals surface area contributed by atoms with Gasteiger partial charge in [-0.15, -0.1) is 5.10 Å². The fourth-order valence-electron chi connectivity index (χ4n) is 1.54. The van der Waals surface area contributed by atoms with Crippen LogP contribution in [0, 0.1) is 10.5 Å². The van der Waals surface area contributed by atoms with Gasteiger partial charge in [0.1, 0.15) is 0 Å². The molecular formula is C10H10BrIN4O2S. The lowest BCUT2D eigenvalue weighted by atomic mass is 10.2. The highest BCUT2D eigenvalue weighted by atomic mass is 127. The monoisotopic (exact) mass is 456 g/mol. The second-order valence-electron chi connectivity index (χ2n) is 3.87. The van der Waals surface area contributed by atoms with Gasteiger partial charge in [-0.25, -0.2) is 4.68 Å². The number of sulfonamides is 1. The average molecular weight is 457 g/mol. The van der Waals surface area contributed by atoms with Crippen LogP contribution in [-0.2, 0) is 17.1 Å². The molecule has 0 atom stereocenters. The molecule has 0 bridgehead atoms. The minimum Gasteiger partial charge on any atom is -0.278 e. The number of anilines is 1. The van der Waals surface area contributed by atoms with Crippen molar-refractivity contribution in [2.75, 3.05) is 4.72 Å². The Balaban J connectivity index is 2.42. The molecule has 102 valence electrons. The summed E-state index contributed by atoms with van der Waals surface area (Å²) in [5, 5.41) is 7.32. The van der Waals surface area contributed by atoms with Gasteiger partial charge >= 0.3 is 0 Å². The van der Waals surface area contributed by atoms with Crippen LogP contribution in [0.4, 0.5) is 5.69 Å². The summed E-state index contributed by atoms with van der Waals surface area (Å²) in [6, 6.07) is 5.46. The molecule has 0 saturated carbocycles. The molecule has 2 rings (SSSR count). The molecule has 6 nitrogen and oxygen atoms in total. The summed E-state index contributed by atoms with van der Waals surface area (Å²) in [7, 11) is -2.21. The van der Waals surface area contributed by atoms with E-state index in [9.17, 15) is 8.42 Å². The SMILES string of the molecule is Cc1cc(I)ccc1NS(=O)(=O)c1c(Br)nnn1C. The molecule has 0 aliphatic carbocycles. The number of hydrogen-bond acceptors (Lipinski definition) is 4. The van der Waals surface area contributed by atoms with Crippen molar-refractivity contribution < 1.29 is 8.42 Å². The van der Waals surface area contributed by atoms with Crippen LogP contribution in [0.15, 0.2) is 27.8 Å². The van der Waals surface area contributed by atoms with E-state index >= 15 is 0 Å². The molecule has 1 heterocycles. The van der Waals surface area contributed by atoms with E-state index in [4.69, 9.17) is 0 Å². The van der Waals surface area contributed by atoms with Crippen LogP contribution in [0.3, 0.4) is 0 Å². The molecule has 0 aliphatic heterocycles. The maximum atomic E-state index is 12.3. The molecule has 0 unspecified atom stereocenters. The molecular weight excluding hydrogens is 447 g/mol. The summed E-state index contributed by atoms with van der Waals surface area (Å²) in [6.07, 6.45) is 0. The topological polar surface area (TPSA) is 76.9 Å². The quantitative estimate of drug-likeness (QED) is 0.719. The zero-order valence-corrected chi connectivity index (χ0v) is 14.6. The van der Waals surface area contributed by atoms with Crippen molar-refractivity contribution in [3.63, 3.8) is 0 Å². The minimum atomic E-state index is -3.73. The van der Waals surface area contributed by atoms with Crippen LogP contribution < -0.4 is 4.72 Å². The Morgan fingerprint density at radius 2 is 2.11 bits per heavy atom. The highest BCUT2D eigenvalue weighted by molar-refractivity contribution is 14.1. The van der Waals surface area contributed by atoms with Crippen LogP contribution in [-0.4, -0.2) is 23.4 Å². The predicted molar refractivity (Wildman–Crippen MR) is 83.4 cm³/mol.